The maximum absolute atomic E-state index is 10.6. The third kappa shape index (κ3) is 1.60. The van der Waals surface area contributed by atoms with E-state index in [0.29, 0.717) is 4.90 Å². The van der Waals surface area contributed by atoms with Crippen LogP contribution >= 0.6 is 0 Å². The highest BCUT2D eigenvalue weighted by Crippen LogP contribution is 2.12. The molecule has 0 saturated heterocycles. The Balaban J connectivity index is 3.39. The maximum atomic E-state index is 10.6. The summed E-state index contributed by atoms with van der Waals surface area (Å²) in [5, 5.41) is 0. The van der Waals surface area contributed by atoms with E-state index in [0.717, 1.165) is 11.1 Å². The van der Waals surface area contributed by atoms with E-state index in [2.05, 4.69) is 0 Å². The Morgan fingerprint density at radius 2 is 1.82 bits per heavy atom. The highest BCUT2D eigenvalue weighted by atomic mass is 32.2. The van der Waals surface area contributed by atoms with Crippen molar-refractivity contribution in [2.45, 2.75) is 18.7 Å². The molecule has 0 bridgehead atoms. The summed E-state index contributed by atoms with van der Waals surface area (Å²) < 4.78 is 21.2. The summed E-state index contributed by atoms with van der Waals surface area (Å²) in [7, 11) is -2.43. The Bertz CT molecular complexity index is 332. The molecule has 0 amide bonds. The van der Waals surface area contributed by atoms with Gasteiger partial charge in [-0.05, 0) is 31.0 Å². The van der Waals surface area contributed by atoms with E-state index >= 15 is 0 Å². The van der Waals surface area contributed by atoms with E-state index in [1.54, 1.807) is 12.1 Å². The fraction of sp³-hybridized carbons (Fsp3) is 0.250. The van der Waals surface area contributed by atoms with E-state index < -0.39 is 10.7 Å². The lowest BCUT2D eigenvalue weighted by atomic mass is 10.1. The molecule has 0 radical (unpaired) electrons. The molecule has 0 heterocycles. The van der Waals surface area contributed by atoms with E-state index in [-0.39, 0.29) is 0 Å². The van der Waals surface area contributed by atoms with Crippen molar-refractivity contribution in [1.82, 2.24) is 0 Å². The Hall–Kier alpha value is -0.830. The number of thiol groups is 1. The van der Waals surface area contributed by atoms with Crippen molar-refractivity contribution in [3.63, 3.8) is 0 Å². The standard InChI is InChI=1S/C8H10O2S/c1-6-4-3-5-8(7(6)2)11(9)10/h3-5,11H,1-2H3. The summed E-state index contributed by atoms with van der Waals surface area (Å²) in [6.07, 6.45) is 0. The zero-order chi connectivity index (χ0) is 8.43. The average Bonchev–Trinajstić information content (AvgIpc) is 1.94. The second kappa shape index (κ2) is 3.05. The van der Waals surface area contributed by atoms with Crippen LogP contribution in [0, 0.1) is 13.8 Å². The first kappa shape index (κ1) is 8.27. The van der Waals surface area contributed by atoms with Crippen molar-refractivity contribution >= 4 is 10.7 Å². The highest BCUT2D eigenvalue weighted by molar-refractivity contribution is 7.72. The molecule has 0 aliphatic rings. The molecular formula is C8H10O2S. The Morgan fingerprint density at radius 1 is 1.18 bits per heavy atom. The molecule has 3 heteroatoms. The number of rotatable bonds is 1. The zero-order valence-corrected chi connectivity index (χ0v) is 7.39. The van der Waals surface area contributed by atoms with Crippen molar-refractivity contribution < 1.29 is 8.42 Å². The zero-order valence-electron chi connectivity index (χ0n) is 6.50. The van der Waals surface area contributed by atoms with Gasteiger partial charge in [0.05, 0.1) is 4.90 Å². The van der Waals surface area contributed by atoms with Crippen LogP contribution < -0.4 is 0 Å². The SMILES string of the molecule is Cc1cccc([SH](=O)=O)c1C. The third-order valence-electron chi connectivity index (χ3n) is 1.77. The van der Waals surface area contributed by atoms with Gasteiger partial charge in [-0.25, -0.2) is 8.42 Å². The van der Waals surface area contributed by atoms with Gasteiger partial charge >= 0.3 is 0 Å². The number of benzene rings is 1. The average molecular weight is 170 g/mol. The van der Waals surface area contributed by atoms with Gasteiger partial charge in [-0.3, -0.25) is 0 Å². The maximum Gasteiger partial charge on any atom is 0.168 e. The molecule has 0 aliphatic carbocycles. The fourth-order valence-electron chi connectivity index (χ4n) is 0.933. The van der Waals surface area contributed by atoms with Crippen LogP contribution in [0.4, 0.5) is 0 Å². The first-order valence-corrected chi connectivity index (χ1v) is 4.51. The van der Waals surface area contributed by atoms with Crippen molar-refractivity contribution in [3.8, 4) is 0 Å². The Morgan fingerprint density at radius 3 is 2.27 bits per heavy atom. The van der Waals surface area contributed by atoms with Crippen LogP contribution in [0.2, 0.25) is 0 Å². The lowest BCUT2D eigenvalue weighted by Gasteiger charge is -2.00. The molecule has 0 N–H and O–H groups in total. The largest absolute Gasteiger partial charge is 0.227 e. The second-order valence-electron chi connectivity index (χ2n) is 2.48. The van der Waals surface area contributed by atoms with Crippen LogP contribution in [-0.4, -0.2) is 8.42 Å². The number of hydrogen-bond acceptors (Lipinski definition) is 2. The van der Waals surface area contributed by atoms with E-state index in [4.69, 9.17) is 0 Å². The van der Waals surface area contributed by atoms with Crippen LogP contribution in [0.15, 0.2) is 23.1 Å². The van der Waals surface area contributed by atoms with E-state index in [1.165, 1.54) is 0 Å². The molecule has 1 aromatic carbocycles. The van der Waals surface area contributed by atoms with E-state index in [1.807, 2.05) is 19.9 Å². The summed E-state index contributed by atoms with van der Waals surface area (Å²) in [6.45, 7) is 3.72. The molecule has 0 fully saturated rings. The predicted molar refractivity (Wildman–Crippen MR) is 44.5 cm³/mol. The summed E-state index contributed by atoms with van der Waals surface area (Å²) in [5.41, 5.74) is 1.87. The minimum atomic E-state index is -2.43. The topological polar surface area (TPSA) is 34.1 Å². The van der Waals surface area contributed by atoms with Crippen molar-refractivity contribution in [2.24, 2.45) is 0 Å². The highest BCUT2D eigenvalue weighted by Gasteiger charge is 2.00. The summed E-state index contributed by atoms with van der Waals surface area (Å²) in [6, 6.07) is 5.27. The second-order valence-corrected chi connectivity index (χ2v) is 3.47. The molecule has 0 saturated carbocycles. The third-order valence-corrected chi connectivity index (χ3v) is 2.65. The van der Waals surface area contributed by atoms with Gasteiger partial charge in [0, 0.05) is 0 Å². The molecule has 1 rings (SSSR count). The minimum absolute atomic E-state index is 0.431. The fourth-order valence-corrected chi connectivity index (χ4v) is 1.59. The predicted octanol–water partition coefficient (Wildman–Crippen LogP) is 1.27. The van der Waals surface area contributed by atoms with Gasteiger partial charge in [0.2, 0.25) is 0 Å². The van der Waals surface area contributed by atoms with Gasteiger partial charge in [0.1, 0.15) is 0 Å². The van der Waals surface area contributed by atoms with Gasteiger partial charge < -0.3 is 0 Å². The van der Waals surface area contributed by atoms with Crippen molar-refractivity contribution in [2.75, 3.05) is 0 Å². The van der Waals surface area contributed by atoms with Gasteiger partial charge in [-0.15, -0.1) is 0 Å². The Kier molecular flexibility index (Phi) is 2.29. The van der Waals surface area contributed by atoms with Crippen LogP contribution in [0.5, 0.6) is 0 Å². The van der Waals surface area contributed by atoms with E-state index in [9.17, 15) is 8.42 Å². The summed E-state index contributed by atoms with van der Waals surface area (Å²) in [4.78, 5) is 0.431. The number of hydrogen-bond donors (Lipinski definition) is 1. The molecule has 11 heavy (non-hydrogen) atoms. The van der Waals surface area contributed by atoms with Gasteiger partial charge in [-0.1, -0.05) is 12.1 Å². The van der Waals surface area contributed by atoms with Crippen LogP contribution in [0.1, 0.15) is 11.1 Å². The molecular weight excluding hydrogens is 160 g/mol. The number of aryl methyl sites for hydroxylation is 1. The molecule has 0 aliphatic heterocycles. The lowest BCUT2D eigenvalue weighted by Crippen LogP contribution is -1.88. The minimum Gasteiger partial charge on any atom is -0.227 e. The Labute approximate surface area is 67.8 Å². The van der Waals surface area contributed by atoms with Crippen LogP contribution in [0.3, 0.4) is 0 Å². The van der Waals surface area contributed by atoms with Crippen molar-refractivity contribution in [1.29, 1.82) is 0 Å². The first-order chi connectivity index (χ1) is 5.13. The molecule has 0 unspecified atom stereocenters. The summed E-state index contributed by atoms with van der Waals surface area (Å²) in [5.74, 6) is 0. The molecule has 60 valence electrons. The van der Waals surface area contributed by atoms with Gasteiger partial charge in [-0.2, -0.15) is 0 Å². The van der Waals surface area contributed by atoms with Crippen molar-refractivity contribution in [3.05, 3.63) is 29.3 Å². The molecule has 0 spiro atoms. The smallest absolute Gasteiger partial charge is 0.168 e. The monoisotopic (exact) mass is 170 g/mol. The van der Waals surface area contributed by atoms with Gasteiger partial charge in [0.15, 0.2) is 10.7 Å². The quantitative estimate of drug-likeness (QED) is 0.644. The first-order valence-electron chi connectivity index (χ1n) is 3.33. The lowest BCUT2D eigenvalue weighted by molar-refractivity contribution is 0.614. The molecule has 0 atom stereocenters. The summed E-state index contributed by atoms with van der Waals surface area (Å²) >= 11 is 0. The molecule has 1 aromatic rings. The van der Waals surface area contributed by atoms with Crippen LogP contribution in [0.25, 0.3) is 0 Å². The van der Waals surface area contributed by atoms with Crippen LogP contribution in [-0.2, 0) is 10.7 Å². The molecule has 0 aromatic heterocycles. The van der Waals surface area contributed by atoms with Gasteiger partial charge in [0.25, 0.3) is 0 Å². The molecule has 2 nitrogen and oxygen atoms in total. The normalized spacial score (nSPS) is 10.5.